The van der Waals surface area contributed by atoms with Crippen LogP contribution in [0.5, 0.6) is 11.5 Å². The molecule has 2 amide bonds. The Morgan fingerprint density at radius 2 is 1.89 bits per heavy atom. The zero-order chi connectivity index (χ0) is 19.8. The van der Waals surface area contributed by atoms with E-state index < -0.39 is 0 Å². The van der Waals surface area contributed by atoms with Crippen LogP contribution in [0, 0.1) is 0 Å². The van der Waals surface area contributed by atoms with Crippen LogP contribution in [0.25, 0.3) is 0 Å². The van der Waals surface area contributed by atoms with Crippen molar-refractivity contribution in [1.29, 1.82) is 0 Å². The molecular weight excluding hydrogens is 344 g/mol. The van der Waals surface area contributed by atoms with Crippen molar-refractivity contribution in [2.45, 2.75) is 6.54 Å². The number of amides is 2. The van der Waals surface area contributed by atoms with E-state index in [1.54, 1.807) is 56.6 Å². The van der Waals surface area contributed by atoms with Gasteiger partial charge < -0.3 is 19.7 Å². The SMILES string of the molecule is C=CCOc1ccc(C(=O)NCc2cccc(C(=O)N(C)C)c2)cc1OC. The number of rotatable bonds is 8. The molecule has 0 fully saturated rings. The molecule has 0 saturated heterocycles. The first-order valence-corrected chi connectivity index (χ1v) is 8.46. The van der Waals surface area contributed by atoms with Gasteiger partial charge in [0.2, 0.25) is 0 Å². The smallest absolute Gasteiger partial charge is 0.253 e. The van der Waals surface area contributed by atoms with Crippen LogP contribution >= 0.6 is 0 Å². The lowest BCUT2D eigenvalue weighted by atomic mass is 10.1. The highest BCUT2D eigenvalue weighted by molar-refractivity contribution is 5.95. The first kappa shape index (κ1) is 20.0. The van der Waals surface area contributed by atoms with Crippen LogP contribution in [-0.4, -0.2) is 44.5 Å². The highest BCUT2D eigenvalue weighted by Gasteiger charge is 2.12. The normalized spacial score (nSPS) is 10.0. The Morgan fingerprint density at radius 1 is 1.11 bits per heavy atom. The molecule has 2 aromatic rings. The molecule has 0 unspecified atom stereocenters. The molecule has 27 heavy (non-hydrogen) atoms. The van der Waals surface area contributed by atoms with Crippen molar-refractivity contribution >= 4 is 11.8 Å². The van der Waals surface area contributed by atoms with Crippen LogP contribution in [0.1, 0.15) is 26.3 Å². The fraction of sp³-hybridized carbons (Fsp3) is 0.238. The summed E-state index contributed by atoms with van der Waals surface area (Å²) in [6, 6.07) is 12.2. The molecule has 2 rings (SSSR count). The summed E-state index contributed by atoms with van der Waals surface area (Å²) in [7, 11) is 4.92. The third-order valence-electron chi connectivity index (χ3n) is 3.82. The molecule has 1 N–H and O–H groups in total. The number of hydrogen-bond donors (Lipinski definition) is 1. The van der Waals surface area contributed by atoms with Crippen molar-refractivity contribution in [3.8, 4) is 11.5 Å². The lowest BCUT2D eigenvalue weighted by Crippen LogP contribution is -2.24. The van der Waals surface area contributed by atoms with Gasteiger partial charge in [-0.15, -0.1) is 0 Å². The van der Waals surface area contributed by atoms with E-state index in [0.717, 1.165) is 5.56 Å². The maximum Gasteiger partial charge on any atom is 0.253 e. The first-order chi connectivity index (χ1) is 13.0. The van der Waals surface area contributed by atoms with Crippen LogP contribution in [0.3, 0.4) is 0 Å². The number of methoxy groups -OCH3 is 1. The summed E-state index contributed by atoms with van der Waals surface area (Å²) in [5.41, 5.74) is 1.88. The number of ether oxygens (including phenoxy) is 2. The summed E-state index contributed by atoms with van der Waals surface area (Å²) in [6.45, 7) is 4.26. The van der Waals surface area contributed by atoms with Gasteiger partial charge in [-0.2, -0.15) is 0 Å². The van der Waals surface area contributed by atoms with E-state index in [-0.39, 0.29) is 11.8 Å². The topological polar surface area (TPSA) is 67.9 Å². The summed E-state index contributed by atoms with van der Waals surface area (Å²) in [5, 5.41) is 2.85. The number of nitrogens with zero attached hydrogens (tertiary/aromatic N) is 1. The summed E-state index contributed by atoms with van der Waals surface area (Å²) in [5.74, 6) is 0.697. The second-order valence-electron chi connectivity index (χ2n) is 6.05. The molecule has 0 saturated carbocycles. The van der Waals surface area contributed by atoms with E-state index in [9.17, 15) is 9.59 Å². The van der Waals surface area contributed by atoms with Gasteiger partial charge in [-0.05, 0) is 35.9 Å². The van der Waals surface area contributed by atoms with Crippen LogP contribution in [0.15, 0.2) is 55.1 Å². The van der Waals surface area contributed by atoms with E-state index in [0.29, 0.717) is 35.8 Å². The minimum absolute atomic E-state index is 0.0805. The van der Waals surface area contributed by atoms with E-state index in [2.05, 4.69) is 11.9 Å². The van der Waals surface area contributed by atoms with Crippen molar-refractivity contribution in [3.05, 3.63) is 71.8 Å². The fourth-order valence-electron chi connectivity index (χ4n) is 2.43. The number of benzene rings is 2. The van der Waals surface area contributed by atoms with Crippen molar-refractivity contribution in [2.24, 2.45) is 0 Å². The van der Waals surface area contributed by atoms with Crippen LogP contribution in [0.2, 0.25) is 0 Å². The predicted molar refractivity (Wildman–Crippen MR) is 104 cm³/mol. The van der Waals surface area contributed by atoms with E-state index >= 15 is 0 Å². The monoisotopic (exact) mass is 368 g/mol. The quantitative estimate of drug-likeness (QED) is 0.728. The Bertz CT molecular complexity index is 831. The van der Waals surface area contributed by atoms with Crippen molar-refractivity contribution in [1.82, 2.24) is 10.2 Å². The molecule has 0 heterocycles. The molecule has 0 aliphatic heterocycles. The summed E-state index contributed by atoms with van der Waals surface area (Å²) in [6.07, 6.45) is 1.63. The van der Waals surface area contributed by atoms with E-state index in [1.165, 1.54) is 12.0 Å². The highest BCUT2D eigenvalue weighted by Crippen LogP contribution is 2.28. The minimum Gasteiger partial charge on any atom is -0.493 e. The Balaban J connectivity index is 2.06. The van der Waals surface area contributed by atoms with Gasteiger partial charge in [0.1, 0.15) is 6.61 Å². The van der Waals surface area contributed by atoms with Gasteiger partial charge >= 0.3 is 0 Å². The Kier molecular flexibility index (Phi) is 7.00. The second kappa shape index (κ2) is 9.43. The van der Waals surface area contributed by atoms with Crippen molar-refractivity contribution < 1.29 is 19.1 Å². The molecule has 0 aliphatic carbocycles. The Labute approximate surface area is 159 Å². The second-order valence-corrected chi connectivity index (χ2v) is 6.05. The number of nitrogens with one attached hydrogen (secondary N) is 1. The Morgan fingerprint density at radius 3 is 2.56 bits per heavy atom. The molecule has 0 bridgehead atoms. The van der Waals surface area contributed by atoms with Crippen molar-refractivity contribution in [2.75, 3.05) is 27.8 Å². The number of carbonyl (C=O) groups excluding carboxylic acids is 2. The number of hydrogen-bond acceptors (Lipinski definition) is 4. The molecular formula is C21H24N2O4. The van der Waals surface area contributed by atoms with Gasteiger partial charge in [-0.25, -0.2) is 0 Å². The average molecular weight is 368 g/mol. The van der Waals surface area contributed by atoms with Gasteiger partial charge in [0.25, 0.3) is 11.8 Å². The van der Waals surface area contributed by atoms with Gasteiger partial charge in [-0.1, -0.05) is 24.8 Å². The minimum atomic E-state index is -0.243. The Hall–Kier alpha value is -3.28. The van der Waals surface area contributed by atoms with Gasteiger partial charge in [0, 0.05) is 31.8 Å². The molecule has 2 aromatic carbocycles. The molecule has 0 atom stereocenters. The maximum atomic E-state index is 12.4. The first-order valence-electron chi connectivity index (χ1n) is 8.46. The zero-order valence-corrected chi connectivity index (χ0v) is 15.8. The third kappa shape index (κ3) is 5.34. The van der Waals surface area contributed by atoms with E-state index in [4.69, 9.17) is 9.47 Å². The highest BCUT2D eigenvalue weighted by atomic mass is 16.5. The number of carbonyl (C=O) groups is 2. The molecule has 142 valence electrons. The predicted octanol–water partition coefficient (Wildman–Crippen LogP) is 2.89. The lowest BCUT2D eigenvalue weighted by molar-refractivity contribution is 0.0827. The van der Waals surface area contributed by atoms with Crippen LogP contribution in [-0.2, 0) is 6.54 Å². The average Bonchev–Trinajstić information content (AvgIpc) is 2.69. The third-order valence-corrected chi connectivity index (χ3v) is 3.82. The van der Waals surface area contributed by atoms with E-state index in [1.807, 2.05) is 6.07 Å². The van der Waals surface area contributed by atoms with Crippen molar-refractivity contribution in [3.63, 3.8) is 0 Å². The standard InChI is InChI=1S/C21H24N2O4/c1-5-11-27-18-10-9-16(13-19(18)26-4)20(24)22-14-15-7-6-8-17(12-15)21(25)23(2)3/h5-10,12-13H,1,11,14H2,2-4H3,(H,22,24). The molecule has 0 radical (unpaired) electrons. The fourth-order valence-corrected chi connectivity index (χ4v) is 2.43. The van der Waals surface area contributed by atoms with Crippen LogP contribution in [0.4, 0.5) is 0 Å². The van der Waals surface area contributed by atoms with Gasteiger partial charge in [0.15, 0.2) is 11.5 Å². The summed E-state index contributed by atoms with van der Waals surface area (Å²) < 4.78 is 10.8. The van der Waals surface area contributed by atoms with Gasteiger partial charge in [0.05, 0.1) is 7.11 Å². The lowest BCUT2D eigenvalue weighted by Gasteiger charge is -2.12. The molecule has 0 aromatic heterocycles. The van der Waals surface area contributed by atoms with Gasteiger partial charge in [-0.3, -0.25) is 9.59 Å². The zero-order valence-electron chi connectivity index (χ0n) is 15.8. The molecule has 0 spiro atoms. The molecule has 6 nitrogen and oxygen atoms in total. The summed E-state index contributed by atoms with van der Waals surface area (Å²) in [4.78, 5) is 26.0. The van der Waals surface area contributed by atoms with Crippen LogP contribution < -0.4 is 14.8 Å². The molecule has 0 aliphatic rings. The largest absolute Gasteiger partial charge is 0.493 e. The molecule has 6 heteroatoms. The maximum absolute atomic E-state index is 12.4. The summed E-state index contributed by atoms with van der Waals surface area (Å²) >= 11 is 0.